The molecule has 0 aromatic heterocycles. The van der Waals surface area contributed by atoms with Gasteiger partial charge in [0.15, 0.2) is 5.78 Å². The molecule has 1 N–H and O–H groups in total. The van der Waals surface area contributed by atoms with E-state index in [4.69, 9.17) is 4.74 Å². The van der Waals surface area contributed by atoms with Crippen molar-refractivity contribution in [2.75, 3.05) is 0 Å². The zero-order valence-electron chi connectivity index (χ0n) is 17.5. The molecule has 0 heterocycles. The molecule has 3 fully saturated rings. The molecule has 0 unspecified atom stereocenters. The van der Waals surface area contributed by atoms with Crippen molar-refractivity contribution in [2.45, 2.75) is 77.7 Å². The molecule has 6 heteroatoms. The molecule has 0 bridgehead atoms. The third-order valence-corrected chi connectivity index (χ3v) is 8.57. The maximum Gasteiger partial charge on any atom is 0.305 e. The molecule has 4 nitrogen and oxygen atoms in total. The summed E-state index contributed by atoms with van der Waals surface area (Å²) in [5, 5.41) is 9.83. The van der Waals surface area contributed by atoms with E-state index in [2.05, 4.69) is 0 Å². The predicted octanol–water partition coefficient (Wildman–Crippen LogP) is 4.79. The van der Waals surface area contributed by atoms with E-state index in [9.17, 15) is 14.7 Å². The van der Waals surface area contributed by atoms with E-state index in [1.54, 1.807) is 6.92 Å². The minimum absolute atomic E-state index is 0.0140. The van der Waals surface area contributed by atoms with Crippen LogP contribution in [0.4, 0.5) is 8.78 Å². The number of carbonyl (C=O) groups is 2. The molecule has 0 aromatic rings. The Morgan fingerprint density at radius 3 is 2.59 bits per heavy atom. The van der Waals surface area contributed by atoms with Gasteiger partial charge < -0.3 is 9.84 Å². The second-order valence-corrected chi connectivity index (χ2v) is 9.92. The molecule has 0 aromatic carbocycles. The number of halogens is 2. The fourth-order valence-corrected chi connectivity index (χ4v) is 6.97. The van der Waals surface area contributed by atoms with Gasteiger partial charge in [-0.25, -0.2) is 8.78 Å². The number of hydrogen-bond donors (Lipinski definition) is 1. The topological polar surface area (TPSA) is 63.6 Å². The lowest BCUT2D eigenvalue weighted by Crippen LogP contribution is -2.65. The van der Waals surface area contributed by atoms with Crippen LogP contribution in [0.5, 0.6) is 0 Å². The molecular weight excluding hydrogens is 378 g/mol. The molecule has 0 radical (unpaired) electrons. The van der Waals surface area contributed by atoms with Gasteiger partial charge in [0, 0.05) is 23.8 Å². The molecule has 0 saturated heterocycles. The Bertz CT molecular complexity index is 820. The first-order chi connectivity index (χ1) is 13.5. The molecule has 0 spiro atoms. The van der Waals surface area contributed by atoms with Crippen molar-refractivity contribution in [3.05, 3.63) is 23.5 Å². The van der Waals surface area contributed by atoms with Crippen LogP contribution in [-0.4, -0.2) is 34.8 Å². The molecule has 4 rings (SSSR count). The SMILES string of the molecule is CCC(=O)O[C@H]1[C@H](C)C[C@H]2[C@@H]3C[C@H](F)C4=CC(O)=CC(=O)[C@]4(C)[C@@]3(F)CC[C@@]21C. The van der Waals surface area contributed by atoms with Gasteiger partial charge in [-0.2, -0.15) is 0 Å². The third-order valence-electron chi connectivity index (χ3n) is 8.57. The molecule has 160 valence electrons. The van der Waals surface area contributed by atoms with Crippen molar-refractivity contribution in [1.82, 2.24) is 0 Å². The fraction of sp³-hybridized carbons (Fsp3) is 0.739. The summed E-state index contributed by atoms with van der Waals surface area (Å²) in [6.07, 6.45) is 1.95. The van der Waals surface area contributed by atoms with Gasteiger partial charge in [-0.1, -0.05) is 20.8 Å². The van der Waals surface area contributed by atoms with Crippen molar-refractivity contribution in [3.8, 4) is 0 Å². The van der Waals surface area contributed by atoms with Crippen LogP contribution >= 0.6 is 0 Å². The summed E-state index contributed by atoms with van der Waals surface area (Å²) in [6, 6.07) is 0. The molecule has 4 aliphatic carbocycles. The molecule has 0 aliphatic heterocycles. The van der Waals surface area contributed by atoms with E-state index >= 15 is 8.78 Å². The minimum atomic E-state index is -1.89. The second kappa shape index (κ2) is 6.39. The van der Waals surface area contributed by atoms with E-state index in [0.717, 1.165) is 6.08 Å². The van der Waals surface area contributed by atoms with Crippen molar-refractivity contribution in [1.29, 1.82) is 0 Å². The van der Waals surface area contributed by atoms with Crippen molar-refractivity contribution in [2.24, 2.45) is 28.6 Å². The first kappa shape index (κ1) is 20.5. The average Bonchev–Trinajstić information content (AvgIpc) is 2.90. The molecule has 4 aliphatic rings. The van der Waals surface area contributed by atoms with Gasteiger partial charge in [-0.15, -0.1) is 0 Å². The van der Waals surface area contributed by atoms with Crippen LogP contribution in [-0.2, 0) is 14.3 Å². The second-order valence-electron chi connectivity index (χ2n) is 9.92. The summed E-state index contributed by atoms with van der Waals surface area (Å²) in [5.41, 5.74) is -3.87. The monoisotopic (exact) mass is 408 g/mol. The maximum atomic E-state index is 16.8. The Labute approximate surface area is 170 Å². The first-order valence-electron chi connectivity index (χ1n) is 10.7. The van der Waals surface area contributed by atoms with E-state index < -0.39 is 34.4 Å². The number of fused-ring (bicyclic) bond motifs is 5. The van der Waals surface area contributed by atoms with Crippen LogP contribution in [0.2, 0.25) is 0 Å². The predicted molar refractivity (Wildman–Crippen MR) is 104 cm³/mol. The van der Waals surface area contributed by atoms with E-state index in [1.165, 1.54) is 13.0 Å². The summed E-state index contributed by atoms with van der Waals surface area (Å²) in [4.78, 5) is 24.9. The smallest absolute Gasteiger partial charge is 0.305 e. The van der Waals surface area contributed by atoms with Crippen molar-refractivity contribution < 1.29 is 28.2 Å². The number of aliphatic hydroxyl groups is 1. The Morgan fingerprint density at radius 1 is 1.24 bits per heavy atom. The Hall–Kier alpha value is -1.72. The highest BCUT2D eigenvalue weighted by atomic mass is 19.1. The summed E-state index contributed by atoms with van der Waals surface area (Å²) in [6.45, 7) is 7.28. The van der Waals surface area contributed by atoms with Crippen molar-refractivity contribution >= 4 is 11.8 Å². The average molecular weight is 408 g/mol. The lowest BCUT2D eigenvalue weighted by molar-refractivity contribution is -0.179. The van der Waals surface area contributed by atoms with Crippen molar-refractivity contribution in [3.63, 3.8) is 0 Å². The summed E-state index contributed by atoms with van der Waals surface area (Å²) in [7, 11) is 0. The summed E-state index contributed by atoms with van der Waals surface area (Å²) in [5.74, 6) is -1.90. The standard InChI is InChI=1S/C23H30F2O4/c1-5-19(28)29-20-12(2)8-14-15-11-17(24)16-9-13(26)10-18(27)22(16,4)23(15,25)7-6-21(14,20)3/h9-10,12,14-15,17,20,26H,5-8,11H2,1-4H3/t12-,14+,15+,17+,20+,21+,22-,23-/m1/s1. The third kappa shape index (κ3) is 2.53. The zero-order chi connectivity index (χ0) is 21.4. The maximum absolute atomic E-state index is 16.8. The van der Waals surface area contributed by atoms with E-state index in [1.807, 2.05) is 13.8 Å². The van der Waals surface area contributed by atoms with Gasteiger partial charge in [0.2, 0.25) is 0 Å². The van der Waals surface area contributed by atoms with Gasteiger partial charge >= 0.3 is 5.97 Å². The number of ether oxygens (including phenoxy) is 1. The first-order valence-corrected chi connectivity index (χ1v) is 10.7. The molecule has 29 heavy (non-hydrogen) atoms. The lowest BCUT2D eigenvalue weighted by atomic mass is 9.45. The fourth-order valence-electron chi connectivity index (χ4n) is 6.97. The van der Waals surface area contributed by atoms with Gasteiger partial charge in [-0.05, 0) is 56.1 Å². The van der Waals surface area contributed by atoms with E-state index in [-0.39, 0.29) is 54.5 Å². The van der Waals surface area contributed by atoms with Crippen LogP contribution < -0.4 is 0 Å². The zero-order valence-corrected chi connectivity index (χ0v) is 17.5. The number of esters is 1. The minimum Gasteiger partial charge on any atom is -0.508 e. The van der Waals surface area contributed by atoms with Crippen LogP contribution in [0, 0.1) is 28.6 Å². The molecule has 3 saturated carbocycles. The highest BCUT2D eigenvalue weighted by Gasteiger charge is 2.72. The highest BCUT2D eigenvalue weighted by Crippen LogP contribution is 2.69. The molecule has 8 atom stereocenters. The van der Waals surface area contributed by atoms with Crippen LogP contribution in [0.15, 0.2) is 23.5 Å². The number of hydrogen-bond acceptors (Lipinski definition) is 4. The number of carbonyl (C=O) groups excluding carboxylic acids is 2. The Balaban J connectivity index is 1.75. The van der Waals surface area contributed by atoms with Gasteiger partial charge in [-0.3, -0.25) is 9.59 Å². The van der Waals surface area contributed by atoms with Crippen LogP contribution in [0.1, 0.15) is 59.8 Å². The highest BCUT2D eigenvalue weighted by molar-refractivity contribution is 6.00. The number of alkyl halides is 2. The summed E-state index contributed by atoms with van der Waals surface area (Å²) >= 11 is 0. The lowest BCUT2D eigenvalue weighted by Gasteiger charge is -2.60. The quantitative estimate of drug-likeness (QED) is 0.668. The van der Waals surface area contributed by atoms with Crippen LogP contribution in [0.3, 0.4) is 0 Å². The molecular formula is C23H30F2O4. The van der Waals surface area contributed by atoms with Gasteiger partial charge in [0.25, 0.3) is 0 Å². The van der Waals surface area contributed by atoms with Crippen LogP contribution in [0.25, 0.3) is 0 Å². The largest absolute Gasteiger partial charge is 0.508 e. The normalized spacial score (nSPS) is 48.8. The Morgan fingerprint density at radius 2 is 1.93 bits per heavy atom. The summed E-state index contributed by atoms with van der Waals surface area (Å²) < 4.78 is 37.9. The van der Waals surface area contributed by atoms with Gasteiger partial charge in [0.1, 0.15) is 23.7 Å². The van der Waals surface area contributed by atoms with E-state index in [0.29, 0.717) is 12.8 Å². The Kier molecular flexibility index (Phi) is 4.53. The number of allylic oxidation sites excluding steroid dienone is 3. The number of rotatable bonds is 2. The molecule has 0 amide bonds. The van der Waals surface area contributed by atoms with Gasteiger partial charge in [0.05, 0.1) is 5.41 Å². The number of ketones is 1. The number of aliphatic hydroxyl groups excluding tert-OH is 1.